The van der Waals surface area contributed by atoms with Crippen LogP contribution in [0.3, 0.4) is 0 Å². The zero-order valence-corrected chi connectivity index (χ0v) is 15.9. The molecular formula is C16H26N6O7. The lowest BCUT2D eigenvalue weighted by atomic mass is 9.74. The van der Waals surface area contributed by atoms with Gasteiger partial charge in [-0.25, -0.2) is 4.79 Å². The summed E-state index contributed by atoms with van der Waals surface area (Å²) in [4.78, 5) is 73.6. The van der Waals surface area contributed by atoms with Crippen LogP contribution in [-0.4, -0.2) is 75.5 Å². The van der Waals surface area contributed by atoms with Gasteiger partial charge in [0, 0.05) is 13.0 Å². The molecule has 0 aliphatic carbocycles. The molecule has 29 heavy (non-hydrogen) atoms. The molecule has 0 spiro atoms. The van der Waals surface area contributed by atoms with Crippen molar-refractivity contribution in [3.63, 3.8) is 0 Å². The molecule has 0 aromatic rings. The molecule has 5 unspecified atom stereocenters. The molecule has 0 aromatic heterocycles. The van der Waals surface area contributed by atoms with Gasteiger partial charge in [-0.1, -0.05) is 0 Å². The van der Waals surface area contributed by atoms with Gasteiger partial charge < -0.3 is 38.7 Å². The molecule has 13 heteroatoms. The summed E-state index contributed by atoms with van der Waals surface area (Å²) >= 11 is 0. The number of nitrogens with two attached hydrogens (primary N) is 5. The lowest BCUT2D eigenvalue weighted by molar-refractivity contribution is -0.167. The van der Waals surface area contributed by atoms with Crippen molar-refractivity contribution in [1.82, 2.24) is 4.90 Å². The SMILES string of the molecule is CC(N)C(=O)C1(C(=O)O)C(C(=O)C(N)CC(N)=O)CCN1C(=O)C(N)CC(N)=O. The molecule has 0 radical (unpaired) electrons. The van der Waals surface area contributed by atoms with Crippen LogP contribution in [0.5, 0.6) is 0 Å². The summed E-state index contributed by atoms with van der Waals surface area (Å²) < 4.78 is 0. The number of primary amides is 2. The first kappa shape index (κ1) is 24.1. The molecule has 1 heterocycles. The summed E-state index contributed by atoms with van der Waals surface area (Å²) in [7, 11) is 0. The monoisotopic (exact) mass is 414 g/mol. The third-order valence-electron chi connectivity index (χ3n) is 4.82. The Balaban J connectivity index is 3.51. The Morgan fingerprint density at radius 3 is 1.90 bits per heavy atom. The van der Waals surface area contributed by atoms with Gasteiger partial charge in [-0.15, -0.1) is 0 Å². The van der Waals surface area contributed by atoms with Gasteiger partial charge in [-0.2, -0.15) is 0 Å². The molecule has 11 N–H and O–H groups in total. The molecule has 1 fully saturated rings. The second kappa shape index (κ2) is 9.07. The maximum Gasteiger partial charge on any atom is 0.338 e. The number of Topliss-reactive ketones (excluding diaryl/α,β-unsaturated/α-hetero) is 2. The molecular weight excluding hydrogens is 388 g/mol. The van der Waals surface area contributed by atoms with Crippen molar-refractivity contribution in [3.05, 3.63) is 0 Å². The first-order valence-corrected chi connectivity index (χ1v) is 8.74. The topological polar surface area (TPSA) is 256 Å². The number of ketones is 2. The quantitative estimate of drug-likeness (QED) is 0.187. The second-order valence-corrected chi connectivity index (χ2v) is 7.01. The Kier molecular flexibility index (Phi) is 7.55. The van der Waals surface area contributed by atoms with Crippen molar-refractivity contribution in [3.8, 4) is 0 Å². The van der Waals surface area contributed by atoms with E-state index in [2.05, 4.69) is 0 Å². The Hall–Kier alpha value is -2.90. The molecule has 5 atom stereocenters. The molecule has 162 valence electrons. The van der Waals surface area contributed by atoms with Crippen LogP contribution in [0, 0.1) is 5.92 Å². The fraction of sp³-hybridized carbons (Fsp3) is 0.625. The van der Waals surface area contributed by atoms with Gasteiger partial charge in [0.1, 0.15) is 0 Å². The van der Waals surface area contributed by atoms with E-state index in [9.17, 15) is 33.9 Å². The number of carbonyl (C=O) groups is 6. The van der Waals surface area contributed by atoms with Gasteiger partial charge in [0.2, 0.25) is 23.3 Å². The smallest absolute Gasteiger partial charge is 0.338 e. The van der Waals surface area contributed by atoms with Crippen LogP contribution in [0.2, 0.25) is 0 Å². The summed E-state index contributed by atoms with van der Waals surface area (Å²) in [6.45, 7) is 0.859. The van der Waals surface area contributed by atoms with Crippen molar-refractivity contribution in [1.29, 1.82) is 0 Å². The van der Waals surface area contributed by atoms with E-state index in [1.54, 1.807) is 0 Å². The van der Waals surface area contributed by atoms with Crippen LogP contribution in [0.15, 0.2) is 0 Å². The standard InChI is InChI=1S/C16H26N6O7/c1-6(17)13(26)16(15(28)29)7(12(25)8(18)4-10(20)23)2-3-22(16)14(27)9(19)5-11(21)24/h6-9H,2-5,17-19H2,1H3,(H2,20,23)(H2,21,24)(H,28,29). The largest absolute Gasteiger partial charge is 0.479 e. The predicted octanol–water partition coefficient (Wildman–Crippen LogP) is -4.45. The number of hydrogen-bond acceptors (Lipinski definition) is 9. The number of carbonyl (C=O) groups excluding carboxylic acids is 5. The van der Waals surface area contributed by atoms with Crippen molar-refractivity contribution >= 4 is 35.3 Å². The van der Waals surface area contributed by atoms with Gasteiger partial charge in [-0.05, 0) is 13.3 Å². The molecule has 1 aliphatic rings. The third kappa shape index (κ3) is 4.58. The number of rotatable bonds is 10. The van der Waals surface area contributed by atoms with E-state index in [0.717, 1.165) is 0 Å². The maximum absolute atomic E-state index is 12.9. The number of carboxylic acid groups (broad SMARTS) is 1. The number of amides is 3. The average molecular weight is 414 g/mol. The number of carboxylic acids is 1. The number of hydrogen-bond donors (Lipinski definition) is 6. The van der Waals surface area contributed by atoms with E-state index in [4.69, 9.17) is 28.7 Å². The van der Waals surface area contributed by atoms with Crippen molar-refractivity contribution < 1.29 is 33.9 Å². The van der Waals surface area contributed by atoms with Crippen LogP contribution in [0.25, 0.3) is 0 Å². The van der Waals surface area contributed by atoms with Gasteiger partial charge in [-0.3, -0.25) is 24.0 Å². The Labute approximate surface area is 165 Å². The van der Waals surface area contributed by atoms with E-state index in [0.29, 0.717) is 4.90 Å². The van der Waals surface area contributed by atoms with E-state index in [-0.39, 0.29) is 13.0 Å². The number of aliphatic carboxylic acids is 1. The fourth-order valence-corrected chi connectivity index (χ4v) is 3.57. The Bertz CT molecular complexity index is 695. The summed E-state index contributed by atoms with van der Waals surface area (Å²) in [5.41, 5.74) is 24.3. The van der Waals surface area contributed by atoms with E-state index in [1.807, 2.05) is 0 Å². The van der Waals surface area contributed by atoms with Crippen LogP contribution in [-0.2, 0) is 28.8 Å². The molecule has 1 rings (SSSR count). The van der Waals surface area contributed by atoms with Crippen molar-refractivity contribution in [2.45, 2.75) is 49.9 Å². The number of likely N-dealkylation sites (tertiary alicyclic amines) is 1. The summed E-state index contributed by atoms with van der Waals surface area (Å²) in [6.07, 6.45) is -1.42. The predicted molar refractivity (Wildman–Crippen MR) is 97.4 cm³/mol. The normalized spacial score (nSPS) is 24.4. The van der Waals surface area contributed by atoms with Crippen LogP contribution >= 0.6 is 0 Å². The molecule has 13 nitrogen and oxygen atoms in total. The lowest BCUT2D eigenvalue weighted by Gasteiger charge is -2.39. The highest BCUT2D eigenvalue weighted by Crippen LogP contribution is 2.39. The average Bonchev–Trinajstić information content (AvgIpc) is 2.99. The summed E-state index contributed by atoms with van der Waals surface area (Å²) in [5, 5.41) is 9.96. The minimum Gasteiger partial charge on any atom is -0.479 e. The molecule has 1 saturated heterocycles. The Morgan fingerprint density at radius 1 is 1.00 bits per heavy atom. The first-order valence-electron chi connectivity index (χ1n) is 8.74. The molecule has 0 saturated carbocycles. The summed E-state index contributed by atoms with van der Waals surface area (Å²) in [5.74, 6) is -8.32. The van der Waals surface area contributed by atoms with Crippen molar-refractivity contribution in [2.75, 3.05) is 6.54 Å². The van der Waals surface area contributed by atoms with Crippen LogP contribution < -0.4 is 28.7 Å². The van der Waals surface area contributed by atoms with Gasteiger partial charge in [0.25, 0.3) is 0 Å². The van der Waals surface area contributed by atoms with Gasteiger partial charge in [0.05, 0.1) is 30.5 Å². The molecule has 3 amide bonds. The van der Waals surface area contributed by atoms with Crippen molar-refractivity contribution in [2.24, 2.45) is 34.6 Å². The number of nitrogens with zero attached hydrogens (tertiary/aromatic N) is 1. The highest BCUT2D eigenvalue weighted by atomic mass is 16.4. The highest BCUT2D eigenvalue weighted by molar-refractivity contribution is 6.17. The van der Waals surface area contributed by atoms with Crippen LogP contribution in [0.4, 0.5) is 0 Å². The van der Waals surface area contributed by atoms with E-state index < -0.39 is 77.7 Å². The minimum absolute atomic E-state index is 0.245. The zero-order valence-electron chi connectivity index (χ0n) is 15.9. The fourth-order valence-electron chi connectivity index (χ4n) is 3.57. The van der Waals surface area contributed by atoms with E-state index >= 15 is 0 Å². The lowest BCUT2D eigenvalue weighted by Crippen LogP contribution is -2.68. The van der Waals surface area contributed by atoms with Crippen LogP contribution in [0.1, 0.15) is 26.2 Å². The van der Waals surface area contributed by atoms with Gasteiger partial charge >= 0.3 is 5.97 Å². The van der Waals surface area contributed by atoms with Gasteiger partial charge in [0.15, 0.2) is 11.6 Å². The molecule has 0 bridgehead atoms. The second-order valence-electron chi connectivity index (χ2n) is 7.01. The first-order chi connectivity index (χ1) is 13.3. The highest BCUT2D eigenvalue weighted by Gasteiger charge is 2.65. The molecule has 1 aliphatic heterocycles. The van der Waals surface area contributed by atoms with E-state index in [1.165, 1.54) is 6.92 Å². The molecule has 0 aromatic carbocycles. The zero-order chi connectivity index (χ0) is 22.7. The Morgan fingerprint density at radius 2 is 1.48 bits per heavy atom. The minimum atomic E-state index is -2.69. The third-order valence-corrected chi connectivity index (χ3v) is 4.82. The maximum atomic E-state index is 12.9. The summed E-state index contributed by atoms with van der Waals surface area (Å²) in [6, 6.07) is -4.37.